The Morgan fingerprint density at radius 3 is 2.44 bits per heavy atom. The standard InChI is InChI=1S/C9H16/c1-2-8-5-7-3-4-9(8)6-7/h7-9H,2-6H2,1H3/t7?,8-,9?/m0/s1. The number of fused-ring (bicyclic) bond motifs is 2. The molecule has 52 valence electrons. The Balaban J connectivity index is 2.01. The Labute approximate surface area is 57.6 Å². The Morgan fingerprint density at radius 1 is 1.22 bits per heavy atom. The fraction of sp³-hybridized carbons (Fsp3) is 1.00. The zero-order valence-electron chi connectivity index (χ0n) is 6.27. The molecular formula is C9H16. The molecule has 9 heavy (non-hydrogen) atoms. The van der Waals surface area contributed by atoms with Gasteiger partial charge in [0, 0.05) is 0 Å². The van der Waals surface area contributed by atoms with Crippen LogP contribution >= 0.6 is 0 Å². The topological polar surface area (TPSA) is 0 Å². The van der Waals surface area contributed by atoms with Crippen molar-refractivity contribution in [3.8, 4) is 0 Å². The largest absolute Gasteiger partial charge is 0.0651 e. The minimum atomic E-state index is 1.13. The van der Waals surface area contributed by atoms with Crippen molar-refractivity contribution in [3.63, 3.8) is 0 Å². The van der Waals surface area contributed by atoms with E-state index in [0.717, 1.165) is 17.8 Å². The minimum Gasteiger partial charge on any atom is -0.0651 e. The van der Waals surface area contributed by atoms with Gasteiger partial charge in [-0.25, -0.2) is 0 Å². The van der Waals surface area contributed by atoms with E-state index in [9.17, 15) is 0 Å². The fourth-order valence-electron chi connectivity index (χ4n) is 2.88. The van der Waals surface area contributed by atoms with E-state index in [2.05, 4.69) is 6.92 Å². The van der Waals surface area contributed by atoms with Crippen molar-refractivity contribution < 1.29 is 0 Å². The van der Waals surface area contributed by atoms with Gasteiger partial charge in [-0.2, -0.15) is 0 Å². The Morgan fingerprint density at radius 2 is 2.11 bits per heavy atom. The predicted molar refractivity (Wildman–Crippen MR) is 39.2 cm³/mol. The van der Waals surface area contributed by atoms with Crippen LogP contribution in [-0.4, -0.2) is 0 Å². The molecule has 2 rings (SSSR count). The molecule has 0 aromatic heterocycles. The lowest BCUT2D eigenvalue weighted by Gasteiger charge is -2.18. The van der Waals surface area contributed by atoms with Gasteiger partial charge in [0.05, 0.1) is 0 Å². The van der Waals surface area contributed by atoms with E-state index in [1.54, 1.807) is 25.7 Å². The molecular weight excluding hydrogens is 108 g/mol. The fourth-order valence-corrected chi connectivity index (χ4v) is 2.88. The first-order chi connectivity index (χ1) is 4.40. The molecule has 0 aromatic rings. The molecule has 0 amide bonds. The molecule has 2 aliphatic carbocycles. The summed E-state index contributed by atoms with van der Waals surface area (Å²) in [6, 6.07) is 0. The van der Waals surface area contributed by atoms with Crippen LogP contribution in [-0.2, 0) is 0 Å². The SMILES string of the molecule is CC[C@H]1CC2CCC1C2. The molecule has 2 unspecified atom stereocenters. The van der Waals surface area contributed by atoms with Gasteiger partial charge in [0.15, 0.2) is 0 Å². The lowest BCUT2D eigenvalue weighted by atomic mass is 9.87. The number of hydrogen-bond donors (Lipinski definition) is 0. The van der Waals surface area contributed by atoms with Gasteiger partial charge < -0.3 is 0 Å². The van der Waals surface area contributed by atoms with E-state index in [-0.39, 0.29) is 0 Å². The summed E-state index contributed by atoms with van der Waals surface area (Å²) in [6.45, 7) is 2.35. The molecule has 0 saturated heterocycles. The summed E-state index contributed by atoms with van der Waals surface area (Å²) in [5, 5.41) is 0. The predicted octanol–water partition coefficient (Wildman–Crippen LogP) is 2.83. The normalized spacial score (nSPS) is 48.3. The summed E-state index contributed by atoms with van der Waals surface area (Å²) in [4.78, 5) is 0. The maximum absolute atomic E-state index is 2.35. The van der Waals surface area contributed by atoms with Gasteiger partial charge in [-0.15, -0.1) is 0 Å². The maximum atomic E-state index is 2.35. The molecule has 0 heteroatoms. The maximum Gasteiger partial charge on any atom is -0.0383 e. The average molecular weight is 124 g/mol. The highest BCUT2D eigenvalue weighted by Gasteiger charge is 2.37. The van der Waals surface area contributed by atoms with Gasteiger partial charge in [0.25, 0.3) is 0 Å². The summed E-state index contributed by atoms with van der Waals surface area (Å²) in [5.74, 6) is 3.43. The van der Waals surface area contributed by atoms with Gasteiger partial charge in [-0.1, -0.05) is 19.8 Å². The first-order valence-electron chi connectivity index (χ1n) is 4.40. The number of rotatable bonds is 1. The van der Waals surface area contributed by atoms with Crippen molar-refractivity contribution in [2.24, 2.45) is 17.8 Å². The second-order valence-electron chi connectivity index (χ2n) is 3.84. The summed E-state index contributed by atoms with van der Waals surface area (Å²) >= 11 is 0. The molecule has 2 saturated carbocycles. The van der Waals surface area contributed by atoms with E-state index in [4.69, 9.17) is 0 Å². The van der Waals surface area contributed by atoms with Gasteiger partial charge in [-0.3, -0.25) is 0 Å². The van der Waals surface area contributed by atoms with Crippen molar-refractivity contribution >= 4 is 0 Å². The third-order valence-electron chi connectivity index (χ3n) is 3.41. The first-order valence-corrected chi connectivity index (χ1v) is 4.40. The van der Waals surface area contributed by atoms with Crippen LogP contribution in [0.1, 0.15) is 39.0 Å². The van der Waals surface area contributed by atoms with Crippen LogP contribution < -0.4 is 0 Å². The van der Waals surface area contributed by atoms with Crippen LogP contribution in [0.15, 0.2) is 0 Å². The minimum absolute atomic E-state index is 1.13. The highest BCUT2D eigenvalue weighted by atomic mass is 14.4. The zero-order valence-corrected chi connectivity index (χ0v) is 6.27. The Hall–Kier alpha value is 0. The lowest BCUT2D eigenvalue weighted by Crippen LogP contribution is -2.08. The molecule has 2 fully saturated rings. The third-order valence-corrected chi connectivity index (χ3v) is 3.41. The van der Waals surface area contributed by atoms with Gasteiger partial charge in [0.2, 0.25) is 0 Å². The second-order valence-corrected chi connectivity index (χ2v) is 3.84. The molecule has 2 bridgehead atoms. The molecule has 0 N–H and O–H groups in total. The molecule has 0 aliphatic heterocycles. The van der Waals surface area contributed by atoms with E-state index in [0.29, 0.717) is 0 Å². The van der Waals surface area contributed by atoms with Gasteiger partial charge in [-0.05, 0) is 37.0 Å². The van der Waals surface area contributed by atoms with Crippen molar-refractivity contribution in [2.45, 2.75) is 39.0 Å². The van der Waals surface area contributed by atoms with E-state index >= 15 is 0 Å². The van der Waals surface area contributed by atoms with Crippen LogP contribution in [0.25, 0.3) is 0 Å². The highest BCUT2D eigenvalue weighted by molar-refractivity contribution is 4.88. The molecule has 0 spiro atoms. The molecule has 2 aliphatic rings. The van der Waals surface area contributed by atoms with Crippen LogP contribution in [0.2, 0.25) is 0 Å². The van der Waals surface area contributed by atoms with Crippen LogP contribution in [0, 0.1) is 17.8 Å². The summed E-state index contributed by atoms with van der Waals surface area (Å²) in [5.41, 5.74) is 0. The van der Waals surface area contributed by atoms with Crippen molar-refractivity contribution in [3.05, 3.63) is 0 Å². The summed E-state index contributed by atoms with van der Waals surface area (Å²) in [7, 11) is 0. The Kier molecular flexibility index (Phi) is 1.28. The summed E-state index contributed by atoms with van der Waals surface area (Å²) in [6.07, 6.45) is 7.71. The number of hydrogen-bond acceptors (Lipinski definition) is 0. The van der Waals surface area contributed by atoms with Gasteiger partial charge in [0.1, 0.15) is 0 Å². The van der Waals surface area contributed by atoms with Crippen LogP contribution in [0.3, 0.4) is 0 Å². The quantitative estimate of drug-likeness (QED) is 0.504. The highest BCUT2D eigenvalue weighted by Crippen LogP contribution is 2.49. The average Bonchev–Trinajstić information content (AvgIpc) is 2.45. The zero-order chi connectivity index (χ0) is 6.27. The van der Waals surface area contributed by atoms with E-state index in [1.807, 2.05) is 0 Å². The summed E-state index contributed by atoms with van der Waals surface area (Å²) < 4.78 is 0. The lowest BCUT2D eigenvalue weighted by molar-refractivity contribution is 0.324. The van der Waals surface area contributed by atoms with Crippen molar-refractivity contribution in [1.29, 1.82) is 0 Å². The molecule has 0 nitrogen and oxygen atoms in total. The molecule has 0 heterocycles. The van der Waals surface area contributed by atoms with Crippen molar-refractivity contribution in [2.75, 3.05) is 0 Å². The second kappa shape index (κ2) is 2.00. The third kappa shape index (κ3) is 0.798. The van der Waals surface area contributed by atoms with Crippen molar-refractivity contribution in [1.82, 2.24) is 0 Å². The molecule has 0 aromatic carbocycles. The smallest absolute Gasteiger partial charge is 0.0383 e. The molecule has 0 radical (unpaired) electrons. The Bertz CT molecular complexity index is 107. The van der Waals surface area contributed by atoms with E-state index in [1.165, 1.54) is 6.42 Å². The van der Waals surface area contributed by atoms with Gasteiger partial charge >= 0.3 is 0 Å². The van der Waals surface area contributed by atoms with Crippen LogP contribution in [0.5, 0.6) is 0 Å². The monoisotopic (exact) mass is 124 g/mol. The van der Waals surface area contributed by atoms with E-state index < -0.39 is 0 Å². The van der Waals surface area contributed by atoms with Crippen LogP contribution in [0.4, 0.5) is 0 Å². The molecule has 3 atom stereocenters. The first kappa shape index (κ1) is 5.76.